The zero-order valence-corrected chi connectivity index (χ0v) is 21.1. The van der Waals surface area contributed by atoms with E-state index in [1.165, 1.54) is 97.3 Å². The van der Waals surface area contributed by atoms with E-state index in [0.29, 0.717) is 17.1 Å². The number of methoxy groups -OCH3 is 1. The monoisotopic (exact) mass is 446 g/mol. The van der Waals surface area contributed by atoms with E-state index >= 15 is 0 Å². The summed E-state index contributed by atoms with van der Waals surface area (Å²) in [6, 6.07) is 3.53. The van der Waals surface area contributed by atoms with Gasteiger partial charge in [0.05, 0.1) is 12.7 Å². The molecule has 0 aliphatic carbocycles. The number of carbonyl (C=O) groups is 2. The highest BCUT2D eigenvalue weighted by atomic mass is 16.5. The van der Waals surface area contributed by atoms with Crippen LogP contribution >= 0.6 is 0 Å². The number of hydrogen-bond acceptors (Lipinski definition) is 4. The van der Waals surface area contributed by atoms with Crippen LogP contribution in [0.3, 0.4) is 0 Å². The Balaban J connectivity index is 2.24. The van der Waals surface area contributed by atoms with Crippen molar-refractivity contribution < 1.29 is 19.1 Å². The Morgan fingerprint density at radius 1 is 0.719 bits per heavy atom. The zero-order valence-electron chi connectivity index (χ0n) is 21.1. The summed E-state index contributed by atoms with van der Waals surface area (Å²) in [4.78, 5) is 23.6. The minimum atomic E-state index is -0.407. The number of unbranched alkanes of at least 4 members (excludes halogenated alkanes) is 14. The van der Waals surface area contributed by atoms with Crippen molar-refractivity contribution in [2.45, 2.75) is 124 Å². The molecule has 182 valence electrons. The van der Waals surface area contributed by atoms with E-state index in [4.69, 9.17) is 9.47 Å². The Bertz CT molecular complexity index is 666. The molecule has 0 spiro atoms. The van der Waals surface area contributed by atoms with E-state index in [2.05, 4.69) is 6.92 Å². The number of esters is 1. The highest BCUT2D eigenvalue weighted by Crippen LogP contribution is 2.32. The first kappa shape index (κ1) is 28.2. The standard InChI is InChI=1S/C28H46O4/c1-5-6-7-8-9-10-11-12-13-14-15-16-17-18-19-20-25-21-26(31-4)22-27(23(2)29)28(25)32-24(3)30/h21-22H,5-20H2,1-4H3. The first-order valence-electron chi connectivity index (χ1n) is 12.9. The third-order valence-corrected chi connectivity index (χ3v) is 6.05. The quantitative estimate of drug-likeness (QED) is 0.0929. The van der Waals surface area contributed by atoms with Crippen molar-refractivity contribution in [2.24, 2.45) is 0 Å². The summed E-state index contributed by atoms with van der Waals surface area (Å²) in [6.07, 6.45) is 20.7. The number of carbonyl (C=O) groups excluding carboxylic acids is 2. The summed E-state index contributed by atoms with van der Waals surface area (Å²) >= 11 is 0. The van der Waals surface area contributed by atoms with Crippen molar-refractivity contribution in [2.75, 3.05) is 7.11 Å². The van der Waals surface area contributed by atoms with E-state index in [1.54, 1.807) is 13.2 Å². The van der Waals surface area contributed by atoms with Crippen molar-refractivity contribution in [1.29, 1.82) is 0 Å². The molecule has 0 aliphatic heterocycles. The van der Waals surface area contributed by atoms with E-state index in [-0.39, 0.29) is 5.78 Å². The summed E-state index contributed by atoms with van der Waals surface area (Å²) in [5.41, 5.74) is 1.29. The maximum atomic E-state index is 12.0. The van der Waals surface area contributed by atoms with Gasteiger partial charge in [-0.15, -0.1) is 0 Å². The van der Waals surface area contributed by atoms with Gasteiger partial charge in [0.15, 0.2) is 5.78 Å². The molecule has 0 N–H and O–H groups in total. The highest BCUT2D eigenvalue weighted by molar-refractivity contribution is 5.98. The highest BCUT2D eigenvalue weighted by Gasteiger charge is 2.17. The molecule has 1 aromatic rings. The van der Waals surface area contributed by atoms with Crippen LogP contribution in [-0.2, 0) is 11.2 Å². The summed E-state index contributed by atoms with van der Waals surface area (Å²) in [6.45, 7) is 5.12. The van der Waals surface area contributed by atoms with E-state index in [1.807, 2.05) is 6.07 Å². The predicted octanol–water partition coefficient (Wildman–Crippen LogP) is 8.24. The molecular formula is C28H46O4. The van der Waals surface area contributed by atoms with Crippen LogP contribution in [0, 0.1) is 0 Å². The number of ketones is 1. The van der Waals surface area contributed by atoms with Gasteiger partial charge in [0, 0.05) is 6.92 Å². The van der Waals surface area contributed by atoms with E-state index < -0.39 is 5.97 Å². The van der Waals surface area contributed by atoms with Gasteiger partial charge in [-0.25, -0.2) is 0 Å². The van der Waals surface area contributed by atoms with Gasteiger partial charge in [0.2, 0.25) is 0 Å². The number of rotatable bonds is 19. The SMILES string of the molecule is CCCCCCCCCCCCCCCCCc1cc(OC)cc(C(C)=O)c1OC(C)=O. The Morgan fingerprint density at radius 2 is 1.19 bits per heavy atom. The third kappa shape index (κ3) is 12.3. The van der Waals surface area contributed by atoms with Gasteiger partial charge in [-0.2, -0.15) is 0 Å². The van der Waals surface area contributed by atoms with Crippen LogP contribution in [0.2, 0.25) is 0 Å². The Labute approximate surface area is 196 Å². The second kappa shape index (κ2) is 17.7. The zero-order chi connectivity index (χ0) is 23.6. The second-order valence-corrected chi connectivity index (χ2v) is 9.01. The molecule has 1 aromatic carbocycles. The molecule has 0 aromatic heterocycles. The smallest absolute Gasteiger partial charge is 0.308 e. The summed E-state index contributed by atoms with van der Waals surface area (Å²) < 4.78 is 10.7. The predicted molar refractivity (Wildman–Crippen MR) is 133 cm³/mol. The molecule has 1 rings (SSSR count). The Hall–Kier alpha value is -1.84. The van der Waals surface area contributed by atoms with Gasteiger partial charge in [-0.1, -0.05) is 96.8 Å². The topological polar surface area (TPSA) is 52.6 Å². The Kier molecular flexibility index (Phi) is 15.6. The van der Waals surface area contributed by atoms with E-state index in [0.717, 1.165) is 24.8 Å². The normalized spacial score (nSPS) is 10.9. The number of aryl methyl sites for hydroxylation is 1. The molecule has 0 radical (unpaired) electrons. The van der Waals surface area contributed by atoms with Crippen LogP contribution in [0.1, 0.15) is 133 Å². The lowest BCUT2D eigenvalue weighted by atomic mass is 9.99. The van der Waals surface area contributed by atoms with Gasteiger partial charge in [0.25, 0.3) is 0 Å². The van der Waals surface area contributed by atoms with Crippen LogP contribution in [0.25, 0.3) is 0 Å². The first-order valence-corrected chi connectivity index (χ1v) is 12.9. The molecular weight excluding hydrogens is 400 g/mol. The average molecular weight is 447 g/mol. The number of ether oxygens (including phenoxy) is 2. The largest absolute Gasteiger partial charge is 0.497 e. The molecule has 4 nitrogen and oxygen atoms in total. The molecule has 0 fully saturated rings. The van der Waals surface area contributed by atoms with Crippen LogP contribution in [0.15, 0.2) is 12.1 Å². The lowest BCUT2D eigenvalue weighted by Gasteiger charge is -2.14. The van der Waals surface area contributed by atoms with Crippen LogP contribution in [0.5, 0.6) is 11.5 Å². The fourth-order valence-electron chi connectivity index (χ4n) is 4.18. The molecule has 0 saturated carbocycles. The summed E-state index contributed by atoms with van der Waals surface area (Å²) in [5, 5.41) is 0. The molecule has 0 unspecified atom stereocenters. The number of Topliss-reactive ketones (excluding diaryl/α,β-unsaturated/α-hetero) is 1. The Morgan fingerprint density at radius 3 is 1.59 bits per heavy atom. The summed E-state index contributed by atoms with van der Waals surface area (Å²) in [5.74, 6) is 0.492. The molecule has 0 atom stereocenters. The van der Waals surface area contributed by atoms with Crippen molar-refractivity contribution >= 4 is 11.8 Å². The van der Waals surface area contributed by atoms with Crippen LogP contribution in [-0.4, -0.2) is 18.9 Å². The molecule has 0 saturated heterocycles. The fraction of sp³-hybridized carbons (Fsp3) is 0.714. The number of benzene rings is 1. The van der Waals surface area contributed by atoms with Crippen LogP contribution < -0.4 is 9.47 Å². The molecule has 32 heavy (non-hydrogen) atoms. The van der Waals surface area contributed by atoms with Crippen molar-refractivity contribution in [1.82, 2.24) is 0 Å². The van der Waals surface area contributed by atoms with Gasteiger partial charge < -0.3 is 9.47 Å². The van der Waals surface area contributed by atoms with Gasteiger partial charge in [-0.3, -0.25) is 9.59 Å². The first-order chi connectivity index (χ1) is 15.5. The van der Waals surface area contributed by atoms with Gasteiger partial charge in [-0.05, 0) is 37.5 Å². The molecule has 0 amide bonds. The lowest BCUT2D eigenvalue weighted by Crippen LogP contribution is -2.09. The third-order valence-electron chi connectivity index (χ3n) is 6.05. The fourth-order valence-corrected chi connectivity index (χ4v) is 4.18. The van der Waals surface area contributed by atoms with Crippen LogP contribution in [0.4, 0.5) is 0 Å². The second-order valence-electron chi connectivity index (χ2n) is 9.01. The molecule has 0 bridgehead atoms. The molecule has 4 heteroatoms. The van der Waals surface area contributed by atoms with Gasteiger partial charge >= 0.3 is 5.97 Å². The maximum Gasteiger partial charge on any atom is 0.308 e. The van der Waals surface area contributed by atoms with Crippen molar-refractivity contribution in [3.8, 4) is 11.5 Å². The minimum Gasteiger partial charge on any atom is -0.497 e. The van der Waals surface area contributed by atoms with E-state index in [9.17, 15) is 9.59 Å². The molecule has 0 aliphatic rings. The molecule has 0 heterocycles. The minimum absolute atomic E-state index is 0.127. The average Bonchev–Trinajstić information content (AvgIpc) is 2.76. The van der Waals surface area contributed by atoms with Gasteiger partial charge in [0.1, 0.15) is 11.5 Å². The lowest BCUT2D eigenvalue weighted by molar-refractivity contribution is -0.131. The maximum absolute atomic E-state index is 12.0. The van der Waals surface area contributed by atoms with Crippen molar-refractivity contribution in [3.05, 3.63) is 23.3 Å². The van der Waals surface area contributed by atoms with Crippen molar-refractivity contribution in [3.63, 3.8) is 0 Å². The number of hydrogen-bond donors (Lipinski definition) is 0. The summed E-state index contributed by atoms with van der Waals surface area (Å²) in [7, 11) is 1.59.